The van der Waals surface area contributed by atoms with Crippen molar-refractivity contribution in [2.24, 2.45) is 5.92 Å². The van der Waals surface area contributed by atoms with Crippen LogP contribution in [-0.4, -0.2) is 34.7 Å². The Kier molecular flexibility index (Phi) is 9.11. The second kappa shape index (κ2) is 11.8. The molecule has 0 spiro atoms. The number of carbonyl (C=O) groups is 2. The van der Waals surface area contributed by atoms with Crippen molar-refractivity contribution in [3.8, 4) is 0 Å². The van der Waals surface area contributed by atoms with E-state index in [2.05, 4.69) is 0 Å². The molecule has 0 fully saturated rings. The van der Waals surface area contributed by atoms with E-state index in [0.29, 0.717) is 30.2 Å². The third-order valence-corrected chi connectivity index (χ3v) is 6.86. The van der Waals surface area contributed by atoms with Crippen molar-refractivity contribution >= 4 is 46.4 Å². The fraction of sp³-hybridized carbons (Fsp3) is 0.308. The van der Waals surface area contributed by atoms with E-state index in [1.807, 2.05) is 32.2 Å². The third kappa shape index (κ3) is 7.05. The summed E-state index contributed by atoms with van der Waals surface area (Å²) >= 11 is 13.8. The van der Waals surface area contributed by atoms with Crippen LogP contribution in [0.25, 0.3) is 0 Å². The number of thiophene rings is 1. The number of amides is 2. The number of carbonyl (C=O) groups excluding carboxylic acids is 2. The zero-order valence-corrected chi connectivity index (χ0v) is 21.7. The summed E-state index contributed by atoms with van der Waals surface area (Å²) < 4.78 is 13.4. The molecular weight excluding hydrogens is 494 g/mol. The molecule has 0 atom stereocenters. The summed E-state index contributed by atoms with van der Waals surface area (Å²) in [7, 11) is 0. The third-order valence-electron chi connectivity index (χ3n) is 5.30. The first-order valence-corrected chi connectivity index (χ1v) is 12.6. The maximum Gasteiger partial charge on any atom is 0.255 e. The van der Waals surface area contributed by atoms with Gasteiger partial charge in [0.1, 0.15) is 12.4 Å². The van der Waals surface area contributed by atoms with E-state index in [4.69, 9.17) is 23.2 Å². The lowest BCUT2D eigenvalue weighted by Crippen LogP contribution is -2.44. The highest BCUT2D eigenvalue weighted by molar-refractivity contribution is 7.10. The van der Waals surface area contributed by atoms with Gasteiger partial charge >= 0.3 is 0 Å². The van der Waals surface area contributed by atoms with Crippen LogP contribution in [-0.2, 0) is 17.9 Å². The van der Waals surface area contributed by atoms with E-state index in [0.717, 1.165) is 16.0 Å². The Morgan fingerprint density at radius 3 is 2.29 bits per heavy atom. The van der Waals surface area contributed by atoms with Gasteiger partial charge in [-0.05, 0) is 65.7 Å². The van der Waals surface area contributed by atoms with Gasteiger partial charge in [0.15, 0.2) is 0 Å². The molecule has 0 aliphatic heterocycles. The van der Waals surface area contributed by atoms with Crippen molar-refractivity contribution in [3.63, 3.8) is 0 Å². The summed E-state index contributed by atoms with van der Waals surface area (Å²) in [5.41, 5.74) is 2.22. The minimum Gasteiger partial charge on any atom is -0.332 e. The summed E-state index contributed by atoms with van der Waals surface area (Å²) in [5.74, 6) is -0.703. The molecular formula is C26H27Cl2FN2O2S. The average Bonchev–Trinajstić information content (AvgIpc) is 3.18. The van der Waals surface area contributed by atoms with Crippen LogP contribution in [0, 0.1) is 18.7 Å². The quantitative estimate of drug-likeness (QED) is 0.310. The molecule has 1 aromatic heterocycles. The Balaban J connectivity index is 1.86. The monoisotopic (exact) mass is 520 g/mol. The minimum absolute atomic E-state index is 0.0956. The van der Waals surface area contributed by atoms with E-state index in [9.17, 15) is 14.0 Å². The number of hydrogen-bond acceptors (Lipinski definition) is 3. The SMILES string of the molecule is Cc1ccsc1CN(Cc1ccc(F)cc1)C(=O)CN(CC(C)C)C(=O)c1ccc(Cl)cc1Cl. The van der Waals surface area contributed by atoms with Gasteiger partial charge in [-0.3, -0.25) is 9.59 Å². The fourth-order valence-corrected chi connectivity index (χ4v) is 4.95. The highest BCUT2D eigenvalue weighted by Crippen LogP contribution is 2.24. The Bertz CT molecular complexity index is 1150. The molecule has 3 rings (SSSR count). The number of rotatable bonds is 9. The molecule has 3 aromatic rings. The maximum absolute atomic E-state index is 13.5. The van der Waals surface area contributed by atoms with Gasteiger partial charge in [0.2, 0.25) is 5.91 Å². The molecule has 8 heteroatoms. The van der Waals surface area contributed by atoms with E-state index < -0.39 is 0 Å². The number of hydrogen-bond donors (Lipinski definition) is 0. The highest BCUT2D eigenvalue weighted by atomic mass is 35.5. The molecule has 180 valence electrons. The van der Waals surface area contributed by atoms with Gasteiger partial charge in [0.05, 0.1) is 17.1 Å². The van der Waals surface area contributed by atoms with Gasteiger partial charge in [-0.1, -0.05) is 49.2 Å². The van der Waals surface area contributed by atoms with Gasteiger partial charge < -0.3 is 9.80 Å². The van der Waals surface area contributed by atoms with Crippen LogP contribution in [0.15, 0.2) is 53.9 Å². The first-order valence-electron chi connectivity index (χ1n) is 10.9. The van der Waals surface area contributed by atoms with Crippen LogP contribution >= 0.6 is 34.5 Å². The van der Waals surface area contributed by atoms with Crippen LogP contribution < -0.4 is 0 Å². The average molecular weight is 521 g/mol. The van der Waals surface area contributed by atoms with Gasteiger partial charge in [0.25, 0.3) is 5.91 Å². The van der Waals surface area contributed by atoms with Crippen LogP contribution in [0.2, 0.25) is 10.0 Å². The predicted molar refractivity (Wildman–Crippen MR) is 137 cm³/mol. The Morgan fingerprint density at radius 2 is 1.71 bits per heavy atom. The smallest absolute Gasteiger partial charge is 0.255 e. The van der Waals surface area contributed by atoms with Crippen molar-refractivity contribution in [1.82, 2.24) is 9.80 Å². The number of aryl methyl sites for hydroxylation is 1. The van der Waals surface area contributed by atoms with Crippen molar-refractivity contribution < 1.29 is 14.0 Å². The fourth-order valence-electron chi connectivity index (χ4n) is 3.54. The van der Waals surface area contributed by atoms with Crippen LogP contribution in [0.5, 0.6) is 0 Å². The molecule has 0 unspecified atom stereocenters. The molecule has 34 heavy (non-hydrogen) atoms. The molecule has 1 heterocycles. The lowest BCUT2D eigenvalue weighted by atomic mass is 10.1. The molecule has 0 saturated heterocycles. The number of nitrogens with zero attached hydrogens (tertiary/aromatic N) is 2. The molecule has 2 amide bonds. The van der Waals surface area contributed by atoms with Gasteiger partial charge in [-0.25, -0.2) is 4.39 Å². The van der Waals surface area contributed by atoms with Gasteiger partial charge in [-0.15, -0.1) is 11.3 Å². The number of benzene rings is 2. The molecule has 0 N–H and O–H groups in total. The largest absolute Gasteiger partial charge is 0.332 e. The lowest BCUT2D eigenvalue weighted by molar-refractivity contribution is -0.133. The van der Waals surface area contributed by atoms with E-state index >= 15 is 0 Å². The molecule has 0 saturated carbocycles. The Hall–Kier alpha value is -2.41. The Morgan fingerprint density at radius 1 is 1.00 bits per heavy atom. The zero-order valence-electron chi connectivity index (χ0n) is 19.4. The van der Waals surface area contributed by atoms with Crippen LogP contribution in [0.4, 0.5) is 4.39 Å². The topological polar surface area (TPSA) is 40.6 Å². The molecule has 2 aromatic carbocycles. The highest BCUT2D eigenvalue weighted by Gasteiger charge is 2.25. The van der Waals surface area contributed by atoms with Crippen LogP contribution in [0.1, 0.15) is 40.2 Å². The van der Waals surface area contributed by atoms with Gasteiger partial charge in [0, 0.05) is 23.0 Å². The van der Waals surface area contributed by atoms with E-state index in [1.54, 1.807) is 40.5 Å². The first-order chi connectivity index (χ1) is 16.1. The minimum atomic E-state index is -0.329. The number of halogens is 3. The van der Waals surface area contributed by atoms with Crippen molar-refractivity contribution in [2.45, 2.75) is 33.9 Å². The molecule has 0 aliphatic carbocycles. The molecule has 0 bridgehead atoms. The zero-order chi connectivity index (χ0) is 24.8. The lowest BCUT2D eigenvalue weighted by Gasteiger charge is -2.29. The summed E-state index contributed by atoms with van der Waals surface area (Å²) in [6.45, 7) is 6.99. The predicted octanol–water partition coefficient (Wildman–Crippen LogP) is 6.83. The molecule has 0 aliphatic rings. The standard InChI is InChI=1S/C26H27Cl2FN2O2S/c1-17(2)13-31(26(33)22-9-6-20(27)12-23(22)28)16-25(32)30(15-24-18(3)10-11-34-24)14-19-4-7-21(29)8-5-19/h4-12,17H,13-16H2,1-3H3. The summed E-state index contributed by atoms with van der Waals surface area (Å²) in [6.07, 6.45) is 0. The van der Waals surface area contributed by atoms with Crippen molar-refractivity contribution in [3.05, 3.63) is 91.3 Å². The van der Waals surface area contributed by atoms with Gasteiger partial charge in [-0.2, -0.15) is 0 Å². The molecule has 4 nitrogen and oxygen atoms in total. The molecule has 0 radical (unpaired) electrons. The van der Waals surface area contributed by atoms with Crippen molar-refractivity contribution in [1.29, 1.82) is 0 Å². The first kappa shape index (κ1) is 26.2. The van der Waals surface area contributed by atoms with E-state index in [-0.39, 0.29) is 35.1 Å². The van der Waals surface area contributed by atoms with E-state index in [1.165, 1.54) is 23.1 Å². The van der Waals surface area contributed by atoms with Crippen molar-refractivity contribution in [2.75, 3.05) is 13.1 Å². The second-order valence-corrected chi connectivity index (χ2v) is 10.5. The maximum atomic E-state index is 13.5. The Labute approximate surface area is 213 Å². The summed E-state index contributed by atoms with van der Waals surface area (Å²) in [6, 6.07) is 12.8. The summed E-state index contributed by atoms with van der Waals surface area (Å²) in [4.78, 5) is 31.2. The summed E-state index contributed by atoms with van der Waals surface area (Å²) in [5, 5.41) is 2.67. The van der Waals surface area contributed by atoms with Crippen LogP contribution in [0.3, 0.4) is 0 Å². The normalized spacial score (nSPS) is 11.0. The second-order valence-electron chi connectivity index (χ2n) is 8.61.